The SMILES string of the molecule is Cn1ccc(NC(=O)Cc2cccc3ccc(-c4cccc(C(F)(F)F)c4)nc23)n1. The van der Waals surface area contributed by atoms with Gasteiger partial charge < -0.3 is 5.32 Å². The van der Waals surface area contributed by atoms with Crippen LogP contribution in [-0.2, 0) is 24.4 Å². The molecule has 1 N–H and O–H groups in total. The van der Waals surface area contributed by atoms with E-state index < -0.39 is 11.7 Å². The molecule has 4 rings (SSSR count). The fraction of sp³-hybridized carbons (Fsp3) is 0.136. The number of nitrogens with zero attached hydrogens (tertiary/aromatic N) is 3. The van der Waals surface area contributed by atoms with Crippen molar-refractivity contribution in [1.82, 2.24) is 14.8 Å². The summed E-state index contributed by atoms with van der Waals surface area (Å²) in [5, 5.41) is 7.64. The average Bonchev–Trinajstić information content (AvgIpc) is 3.12. The molecule has 0 bridgehead atoms. The molecule has 1 amide bonds. The lowest BCUT2D eigenvalue weighted by atomic mass is 10.0. The summed E-state index contributed by atoms with van der Waals surface area (Å²) < 4.78 is 40.7. The Morgan fingerprint density at radius 3 is 2.60 bits per heavy atom. The van der Waals surface area contributed by atoms with Gasteiger partial charge in [-0.05, 0) is 23.8 Å². The molecule has 0 fully saturated rings. The second-order valence-corrected chi connectivity index (χ2v) is 6.86. The monoisotopic (exact) mass is 410 g/mol. The zero-order valence-corrected chi connectivity index (χ0v) is 15.9. The minimum absolute atomic E-state index is 0.0625. The summed E-state index contributed by atoms with van der Waals surface area (Å²) in [6.45, 7) is 0. The molecule has 0 aliphatic carbocycles. The summed E-state index contributed by atoms with van der Waals surface area (Å²) in [6, 6.07) is 15.6. The number of carbonyl (C=O) groups is 1. The Morgan fingerprint density at radius 1 is 1.07 bits per heavy atom. The van der Waals surface area contributed by atoms with Gasteiger partial charge in [0.15, 0.2) is 5.82 Å². The number of halogens is 3. The Balaban J connectivity index is 1.66. The fourth-order valence-electron chi connectivity index (χ4n) is 3.21. The van der Waals surface area contributed by atoms with Crippen molar-refractivity contribution < 1.29 is 18.0 Å². The van der Waals surface area contributed by atoms with E-state index in [4.69, 9.17) is 0 Å². The van der Waals surface area contributed by atoms with Gasteiger partial charge in [0.1, 0.15) is 0 Å². The number of fused-ring (bicyclic) bond motifs is 1. The number of benzene rings is 2. The molecule has 0 saturated carbocycles. The van der Waals surface area contributed by atoms with E-state index in [2.05, 4.69) is 15.4 Å². The summed E-state index contributed by atoms with van der Waals surface area (Å²) >= 11 is 0. The van der Waals surface area contributed by atoms with E-state index in [1.54, 1.807) is 48.3 Å². The van der Waals surface area contributed by atoms with E-state index in [-0.39, 0.29) is 12.3 Å². The van der Waals surface area contributed by atoms with Gasteiger partial charge in [-0.1, -0.05) is 36.4 Å². The van der Waals surface area contributed by atoms with Crippen molar-refractivity contribution in [2.45, 2.75) is 12.6 Å². The molecule has 30 heavy (non-hydrogen) atoms. The van der Waals surface area contributed by atoms with E-state index >= 15 is 0 Å². The number of nitrogens with one attached hydrogen (secondary N) is 1. The number of aromatic nitrogens is 3. The normalized spacial score (nSPS) is 11.6. The molecular weight excluding hydrogens is 393 g/mol. The Morgan fingerprint density at radius 2 is 1.87 bits per heavy atom. The van der Waals surface area contributed by atoms with E-state index in [9.17, 15) is 18.0 Å². The maximum Gasteiger partial charge on any atom is 0.416 e. The number of aryl methyl sites for hydroxylation is 1. The number of carbonyl (C=O) groups excluding carboxylic acids is 1. The lowest BCUT2D eigenvalue weighted by Crippen LogP contribution is -2.15. The minimum atomic E-state index is -4.43. The Hall–Kier alpha value is -3.68. The van der Waals surface area contributed by atoms with Crippen molar-refractivity contribution in [1.29, 1.82) is 0 Å². The molecular formula is C22H17F3N4O. The van der Waals surface area contributed by atoms with Crippen LogP contribution in [0.2, 0.25) is 0 Å². The second-order valence-electron chi connectivity index (χ2n) is 6.86. The number of alkyl halides is 3. The van der Waals surface area contributed by atoms with Crippen LogP contribution in [0.25, 0.3) is 22.2 Å². The lowest BCUT2D eigenvalue weighted by Gasteiger charge is -2.10. The maximum absolute atomic E-state index is 13.1. The number of amides is 1. The third-order valence-corrected chi connectivity index (χ3v) is 4.62. The lowest BCUT2D eigenvalue weighted by molar-refractivity contribution is -0.137. The van der Waals surface area contributed by atoms with E-state index in [1.807, 2.05) is 12.1 Å². The van der Waals surface area contributed by atoms with Crippen LogP contribution in [0, 0.1) is 0 Å². The van der Waals surface area contributed by atoms with E-state index in [0.29, 0.717) is 28.2 Å². The minimum Gasteiger partial charge on any atom is -0.309 e. The predicted molar refractivity (Wildman–Crippen MR) is 108 cm³/mol. The van der Waals surface area contributed by atoms with Crippen LogP contribution in [0.3, 0.4) is 0 Å². The molecule has 0 aliphatic heterocycles. The molecule has 0 atom stereocenters. The van der Waals surface area contributed by atoms with Crippen LogP contribution < -0.4 is 5.32 Å². The molecule has 0 unspecified atom stereocenters. The van der Waals surface area contributed by atoms with E-state index in [1.165, 1.54) is 6.07 Å². The Bertz CT molecular complexity index is 1230. The number of hydrogen-bond acceptors (Lipinski definition) is 3. The van der Waals surface area contributed by atoms with Crippen molar-refractivity contribution in [2.75, 3.05) is 5.32 Å². The first-order chi connectivity index (χ1) is 14.3. The van der Waals surface area contributed by atoms with Crippen molar-refractivity contribution in [2.24, 2.45) is 7.05 Å². The van der Waals surface area contributed by atoms with Crippen molar-refractivity contribution in [3.05, 3.63) is 78.0 Å². The van der Waals surface area contributed by atoms with Crippen molar-refractivity contribution in [3.63, 3.8) is 0 Å². The summed E-state index contributed by atoms with van der Waals surface area (Å²) in [6.07, 6.45) is -2.65. The fourth-order valence-corrected chi connectivity index (χ4v) is 3.21. The van der Waals surface area contributed by atoms with Crippen LogP contribution in [0.1, 0.15) is 11.1 Å². The summed E-state index contributed by atoms with van der Waals surface area (Å²) in [5.41, 5.74) is 1.29. The highest BCUT2D eigenvalue weighted by Crippen LogP contribution is 2.32. The number of para-hydroxylation sites is 1. The number of pyridine rings is 1. The highest BCUT2D eigenvalue weighted by Gasteiger charge is 2.30. The largest absolute Gasteiger partial charge is 0.416 e. The van der Waals surface area contributed by atoms with Gasteiger partial charge in [-0.25, -0.2) is 4.98 Å². The van der Waals surface area contributed by atoms with Gasteiger partial charge in [0.05, 0.1) is 23.2 Å². The molecule has 5 nitrogen and oxygen atoms in total. The first-order valence-corrected chi connectivity index (χ1v) is 9.15. The summed E-state index contributed by atoms with van der Waals surface area (Å²) in [4.78, 5) is 17.0. The first-order valence-electron chi connectivity index (χ1n) is 9.15. The van der Waals surface area contributed by atoms with Crippen LogP contribution in [0.15, 0.2) is 66.9 Å². The van der Waals surface area contributed by atoms with Crippen LogP contribution in [-0.4, -0.2) is 20.7 Å². The van der Waals surface area contributed by atoms with Gasteiger partial charge in [0.2, 0.25) is 5.91 Å². The molecule has 2 heterocycles. The van der Waals surface area contributed by atoms with Gasteiger partial charge in [0, 0.05) is 30.3 Å². The second kappa shape index (κ2) is 7.62. The molecule has 4 aromatic rings. The molecule has 2 aromatic heterocycles. The zero-order chi connectivity index (χ0) is 21.3. The van der Waals surface area contributed by atoms with Gasteiger partial charge in [-0.15, -0.1) is 0 Å². The molecule has 0 aliphatic rings. The van der Waals surface area contributed by atoms with E-state index in [0.717, 1.165) is 17.5 Å². The van der Waals surface area contributed by atoms with Gasteiger partial charge in [-0.3, -0.25) is 9.48 Å². The molecule has 2 aromatic carbocycles. The molecule has 0 saturated heterocycles. The van der Waals surface area contributed by atoms with Crippen molar-refractivity contribution in [3.8, 4) is 11.3 Å². The Kier molecular flexibility index (Phi) is 4.99. The highest BCUT2D eigenvalue weighted by molar-refractivity contribution is 5.95. The Labute approximate surface area is 170 Å². The van der Waals surface area contributed by atoms with Gasteiger partial charge >= 0.3 is 6.18 Å². The van der Waals surface area contributed by atoms with Crippen LogP contribution >= 0.6 is 0 Å². The molecule has 8 heteroatoms. The molecule has 0 spiro atoms. The predicted octanol–water partition coefficient (Wildman–Crippen LogP) is 4.84. The molecule has 152 valence electrons. The molecule has 0 radical (unpaired) electrons. The van der Waals surface area contributed by atoms with Crippen LogP contribution in [0.5, 0.6) is 0 Å². The third kappa shape index (κ3) is 4.17. The van der Waals surface area contributed by atoms with Gasteiger partial charge in [-0.2, -0.15) is 18.3 Å². The summed E-state index contributed by atoms with van der Waals surface area (Å²) in [7, 11) is 1.75. The van der Waals surface area contributed by atoms with Gasteiger partial charge in [0.25, 0.3) is 0 Å². The zero-order valence-electron chi connectivity index (χ0n) is 15.9. The third-order valence-electron chi connectivity index (χ3n) is 4.62. The highest BCUT2D eigenvalue weighted by atomic mass is 19.4. The average molecular weight is 410 g/mol. The first kappa shape index (κ1) is 19.6. The quantitative estimate of drug-likeness (QED) is 0.524. The standard InChI is InChI=1S/C22H17F3N4O/c1-29-11-10-19(28-29)27-20(30)13-16-6-2-4-14-8-9-18(26-21(14)16)15-5-3-7-17(12-15)22(23,24)25/h2-12H,13H2,1H3,(H,27,28,30). The van der Waals surface area contributed by atoms with Crippen molar-refractivity contribution >= 4 is 22.6 Å². The number of anilines is 1. The smallest absolute Gasteiger partial charge is 0.309 e. The summed E-state index contributed by atoms with van der Waals surface area (Å²) in [5.74, 6) is 0.188. The topological polar surface area (TPSA) is 59.8 Å². The van der Waals surface area contributed by atoms with Crippen LogP contribution in [0.4, 0.5) is 19.0 Å². The number of rotatable bonds is 4. The number of hydrogen-bond donors (Lipinski definition) is 1. The maximum atomic E-state index is 13.1.